The number of hydrogen-bond donors (Lipinski definition) is 0. The average Bonchev–Trinajstić information content (AvgIpc) is 3.36. The molecule has 3 aromatic rings. The van der Waals surface area contributed by atoms with Crippen LogP contribution in [0.3, 0.4) is 0 Å². The van der Waals surface area contributed by atoms with E-state index in [-0.39, 0.29) is 18.1 Å². The smallest absolute Gasteiger partial charge is 0.339 e. The van der Waals surface area contributed by atoms with Crippen molar-refractivity contribution in [2.45, 2.75) is 39.3 Å². The quantitative estimate of drug-likeness (QED) is 0.578. The summed E-state index contributed by atoms with van der Waals surface area (Å²) in [6.45, 7) is 3.01. The minimum atomic E-state index is -0.305. The van der Waals surface area contributed by atoms with E-state index >= 15 is 0 Å². The molecular weight excluding hydrogens is 394 g/mol. The Hall–Kier alpha value is -2.80. The van der Waals surface area contributed by atoms with Crippen molar-refractivity contribution in [3.63, 3.8) is 0 Å². The second-order valence-electron chi connectivity index (χ2n) is 7.15. The second kappa shape index (κ2) is 7.91. The lowest BCUT2D eigenvalue weighted by Crippen LogP contribution is -2.32. The van der Waals surface area contributed by atoms with E-state index in [9.17, 15) is 9.59 Å². The molecule has 0 N–H and O–H groups in total. The molecule has 1 aliphatic carbocycles. The molecule has 7 nitrogen and oxygen atoms in total. The van der Waals surface area contributed by atoms with Crippen molar-refractivity contribution in [1.29, 1.82) is 0 Å². The number of carbonyl (C=O) groups excluding carboxylic acids is 1. The molecule has 152 valence electrons. The fourth-order valence-electron chi connectivity index (χ4n) is 3.72. The molecule has 0 bridgehead atoms. The summed E-state index contributed by atoms with van der Waals surface area (Å²) >= 11 is 6.38. The Balaban J connectivity index is 1.49. The average molecular weight is 416 g/mol. The minimum absolute atomic E-state index is 0.177. The molecule has 1 aliphatic rings. The minimum Gasteiger partial charge on any atom is -0.482 e. The third-order valence-corrected chi connectivity index (χ3v) is 5.62. The maximum atomic E-state index is 12.5. The van der Waals surface area contributed by atoms with E-state index in [4.69, 9.17) is 20.8 Å². The number of imidazole rings is 1. The van der Waals surface area contributed by atoms with Gasteiger partial charge in [0.1, 0.15) is 17.2 Å². The molecule has 0 fully saturated rings. The first-order valence-electron chi connectivity index (χ1n) is 9.62. The topological polar surface area (TPSA) is 77.6 Å². The maximum absolute atomic E-state index is 12.5. The number of carbonyl (C=O) groups is 1. The number of ether oxygens (including phenoxy) is 1. The van der Waals surface area contributed by atoms with E-state index in [1.807, 2.05) is 17.7 Å². The van der Waals surface area contributed by atoms with E-state index in [0.717, 1.165) is 48.1 Å². The van der Waals surface area contributed by atoms with Crippen LogP contribution in [-0.2, 0) is 30.7 Å². The normalized spacial score (nSPS) is 12.9. The SMILES string of the molecule is CCn1ccnc1CN(C)C(=O)COc1cc2oc(=O)c3c(c2cc1Cl)CCC3. The molecular formula is C21H22ClN3O4. The Morgan fingerprint density at radius 1 is 1.34 bits per heavy atom. The Kier molecular flexibility index (Phi) is 5.32. The molecule has 1 amide bonds. The van der Waals surface area contributed by atoms with E-state index < -0.39 is 0 Å². The molecule has 0 saturated carbocycles. The van der Waals surface area contributed by atoms with Crippen LogP contribution >= 0.6 is 11.6 Å². The summed E-state index contributed by atoms with van der Waals surface area (Å²) in [5.41, 5.74) is 1.87. The summed E-state index contributed by atoms with van der Waals surface area (Å²) in [6, 6.07) is 3.35. The molecule has 2 aromatic heterocycles. The standard InChI is InChI=1S/C21H22ClN3O4/c1-3-25-8-7-23-19(25)11-24(2)20(26)12-28-18-10-17-15(9-16(18)22)13-5-4-6-14(13)21(27)29-17/h7-10H,3-6,11-12H2,1-2H3. The van der Waals surface area contributed by atoms with Crippen molar-refractivity contribution in [1.82, 2.24) is 14.5 Å². The molecule has 0 spiro atoms. The van der Waals surface area contributed by atoms with Crippen molar-refractivity contribution >= 4 is 28.5 Å². The Morgan fingerprint density at radius 3 is 2.93 bits per heavy atom. The number of likely N-dealkylation sites (N-methyl/N-ethyl adjacent to an activating group) is 1. The molecule has 0 aliphatic heterocycles. The van der Waals surface area contributed by atoms with Crippen LogP contribution in [0.25, 0.3) is 11.0 Å². The van der Waals surface area contributed by atoms with E-state index in [2.05, 4.69) is 4.98 Å². The number of benzene rings is 1. The van der Waals surface area contributed by atoms with Gasteiger partial charge in [-0.15, -0.1) is 0 Å². The zero-order valence-electron chi connectivity index (χ0n) is 16.4. The van der Waals surface area contributed by atoms with Crippen LogP contribution in [0.1, 0.15) is 30.3 Å². The lowest BCUT2D eigenvalue weighted by atomic mass is 10.1. The molecule has 8 heteroatoms. The Morgan fingerprint density at radius 2 is 2.14 bits per heavy atom. The first kappa shape index (κ1) is 19.5. The van der Waals surface area contributed by atoms with Gasteiger partial charge in [0.2, 0.25) is 0 Å². The van der Waals surface area contributed by atoms with Gasteiger partial charge in [0.05, 0.1) is 11.6 Å². The predicted octanol–water partition coefficient (Wildman–Crippen LogP) is 3.19. The van der Waals surface area contributed by atoms with Gasteiger partial charge >= 0.3 is 5.63 Å². The highest BCUT2D eigenvalue weighted by molar-refractivity contribution is 6.32. The fourth-order valence-corrected chi connectivity index (χ4v) is 3.94. The van der Waals surface area contributed by atoms with Gasteiger partial charge < -0.3 is 18.6 Å². The number of nitrogens with zero attached hydrogens (tertiary/aromatic N) is 3. The number of halogens is 1. The highest BCUT2D eigenvalue weighted by Crippen LogP contribution is 2.34. The number of amides is 1. The van der Waals surface area contributed by atoms with Crippen LogP contribution in [0.15, 0.2) is 33.7 Å². The number of hydrogen-bond acceptors (Lipinski definition) is 5. The highest BCUT2D eigenvalue weighted by Gasteiger charge is 2.21. The zero-order valence-corrected chi connectivity index (χ0v) is 17.2. The number of aryl methyl sites for hydroxylation is 2. The molecule has 2 heterocycles. The van der Waals surface area contributed by atoms with Gasteiger partial charge in [-0.1, -0.05) is 11.6 Å². The summed E-state index contributed by atoms with van der Waals surface area (Å²) < 4.78 is 13.1. The van der Waals surface area contributed by atoms with Gasteiger partial charge in [0.15, 0.2) is 6.61 Å². The number of aromatic nitrogens is 2. The second-order valence-corrected chi connectivity index (χ2v) is 7.55. The van der Waals surface area contributed by atoms with Crippen molar-refractivity contribution < 1.29 is 13.9 Å². The van der Waals surface area contributed by atoms with Gasteiger partial charge in [-0.2, -0.15) is 0 Å². The van der Waals surface area contributed by atoms with Gasteiger partial charge in [0, 0.05) is 43.0 Å². The van der Waals surface area contributed by atoms with Gasteiger partial charge in [-0.05, 0) is 37.8 Å². The van der Waals surface area contributed by atoms with Gasteiger partial charge in [-0.25, -0.2) is 9.78 Å². The van der Waals surface area contributed by atoms with Crippen LogP contribution in [-0.4, -0.2) is 34.0 Å². The summed E-state index contributed by atoms with van der Waals surface area (Å²) in [7, 11) is 1.70. The lowest BCUT2D eigenvalue weighted by molar-refractivity contribution is -0.132. The summed E-state index contributed by atoms with van der Waals surface area (Å²) in [6.07, 6.45) is 6.11. The summed E-state index contributed by atoms with van der Waals surface area (Å²) in [5.74, 6) is 0.919. The predicted molar refractivity (Wildman–Crippen MR) is 109 cm³/mol. The number of fused-ring (bicyclic) bond motifs is 3. The van der Waals surface area contributed by atoms with Crippen molar-refractivity contribution in [3.8, 4) is 5.75 Å². The lowest BCUT2D eigenvalue weighted by Gasteiger charge is -2.18. The van der Waals surface area contributed by atoms with E-state index in [1.165, 1.54) is 0 Å². The van der Waals surface area contributed by atoms with Crippen LogP contribution in [0, 0.1) is 0 Å². The highest BCUT2D eigenvalue weighted by atomic mass is 35.5. The third kappa shape index (κ3) is 3.74. The van der Waals surface area contributed by atoms with Crippen LogP contribution < -0.4 is 10.4 Å². The van der Waals surface area contributed by atoms with Gasteiger partial charge in [0.25, 0.3) is 5.91 Å². The number of rotatable bonds is 6. The molecule has 0 saturated heterocycles. The summed E-state index contributed by atoms with van der Waals surface area (Å²) in [4.78, 5) is 30.5. The first-order chi connectivity index (χ1) is 14.0. The van der Waals surface area contributed by atoms with Crippen molar-refractivity contribution in [3.05, 3.63) is 56.9 Å². The van der Waals surface area contributed by atoms with E-state index in [0.29, 0.717) is 22.9 Å². The van der Waals surface area contributed by atoms with Crippen LogP contribution in [0.5, 0.6) is 5.75 Å². The van der Waals surface area contributed by atoms with Crippen molar-refractivity contribution in [2.24, 2.45) is 0 Å². The van der Waals surface area contributed by atoms with Crippen LogP contribution in [0.4, 0.5) is 0 Å². The van der Waals surface area contributed by atoms with Crippen molar-refractivity contribution in [2.75, 3.05) is 13.7 Å². The molecule has 0 atom stereocenters. The Labute approximate surface area is 172 Å². The molecule has 4 rings (SSSR count). The van der Waals surface area contributed by atoms with E-state index in [1.54, 1.807) is 30.3 Å². The monoisotopic (exact) mass is 415 g/mol. The molecule has 0 radical (unpaired) electrons. The fraction of sp³-hybridized carbons (Fsp3) is 0.381. The summed E-state index contributed by atoms with van der Waals surface area (Å²) in [5, 5.41) is 1.22. The molecule has 29 heavy (non-hydrogen) atoms. The van der Waals surface area contributed by atoms with Gasteiger partial charge in [-0.3, -0.25) is 4.79 Å². The Bertz CT molecular complexity index is 1130. The largest absolute Gasteiger partial charge is 0.482 e. The van der Waals surface area contributed by atoms with Crippen LogP contribution in [0.2, 0.25) is 5.02 Å². The molecule has 0 unspecified atom stereocenters. The molecule has 1 aromatic carbocycles. The zero-order chi connectivity index (χ0) is 20.5. The third-order valence-electron chi connectivity index (χ3n) is 5.32. The first-order valence-corrected chi connectivity index (χ1v) is 10.0. The maximum Gasteiger partial charge on any atom is 0.339 e.